The minimum Gasteiger partial charge on any atom is -0.371 e. The number of ketones is 1. The molecule has 4 rings (SSSR count). The highest BCUT2D eigenvalue weighted by Gasteiger charge is 2.18. The normalized spacial score (nSPS) is 16.7. The van der Waals surface area contributed by atoms with Gasteiger partial charge in [-0.1, -0.05) is 76.2 Å². The Kier molecular flexibility index (Phi) is 8.33. The predicted octanol–water partition coefficient (Wildman–Crippen LogP) is 7.50. The van der Waals surface area contributed by atoms with Crippen molar-refractivity contribution in [3.63, 3.8) is 0 Å². The summed E-state index contributed by atoms with van der Waals surface area (Å²) >= 11 is 5.59. The van der Waals surface area contributed by atoms with E-state index in [9.17, 15) is 4.79 Å². The second-order valence-electron chi connectivity index (χ2n) is 11.3. The van der Waals surface area contributed by atoms with Crippen molar-refractivity contribution in [3.05, 3.63) is 95.1 Å². The van der Waals surface area contributed by atoms with Gasteiger partial charge in [-0.25, -0.2) is 0 Å². The van der Waals surface area contributed by atoms with Crippen molar-refractivity contribution in [1.82, 2.24) is 5.32 Å². The monoisotopic (exact) mass is 513 g/mol. The van der Waals surface area contributed by atoms with Crippen molar-refractivity contribution in [2.24, 2.45) is 5.92 Å². The van der Waals surface area contributed by atoms with Crippen LogP contribution in [-0.2, 0) is 5.41 Å². The van der Waals surface area contributed by atoms with Gasteiger partial charge in [0.25, 0.3) is 0 Å². The summed E-state index contributed by atoms with van der Waals surface area (Å²) in [5.41, 5.74) is 5.84. The molecule has 2 N–H and O–H groups in total. The highest BCUT2D eigenvalue weighted by atomic mass is 32.1. The lowest BCUT2D eigenvalue weighted by Crippen LogP contribution is -2.34. The van der Waals surface area contributed by atoms with E-state index in [0.29, 0.717) is 16.2 Å². The van der Waals surface area contributed by atoms with E-state index in [1.165, 1.54) is 29.7 Å². The molecule has 0 bridgehead atoms. The van der Waals surface area contributed by atoms with Gasteiger partial charge in [0.05, 0.1) is 6.04 Å². The summed E-state index contributed by atoms with van der Waals surface area (Å²) in [6, 6.07) is 24.2. The number of nitrogens with one attached hydrogen (secondary N) is 2. The number of nitrogens with zero attached hydrogens (tertiary/aromatic N) is 1. The number of rotatable bonds is 6. The van der Waals surface area contributed by atoms with Crippen LogP contribution in [0.25, 0.3) is 0 Å². The van der Waals surface area contributed by atoms with Crippen LogP contribution in [0.1, 0.15) is 80.6 Å². The molecule has 5 heteroatoms. The third-order valence-corrected chi connectivity index (χ3v) is 7.38. The fourth-order valence-corrected chi connectivity index (χ4v) is 5.17. The standard InChI is InChI=1S/C32H39N3OS/c1-22-8-7-19-35(21-22)29-17-13-24(14-18-29)23(2)33-31(37)34-28-10-6-9-26(20-28)30(36)25-11-15-27(16-12-25)32(3,4)5/h6,9-18,20,22-23H,7-8,19,21H2,1-5H3,(H2,33,34,37)/t22-,23+/m0/s1. The van der Waals surface area contributed by atoms with Crippen LogP contribution < -0.4 is 15.5 Å². The van der Waals surface area contributed by atoms with Crippen molar-refractivity contribution in [2.45, 2.75) is 58.9 Å². The second kappa shape index (κ2) is 11.5. The topological polar surface area (TPSA) is 44.4 Å². The number of benzene rings is 3. The van der Waals surface area contributed by atoms with Crippen LogP contribution in [0.5, 0.6) is 0 Å². The van der Waals surface area contributed by atoms with Gasteiger partial charge in [0, 0.05) is 35.6 Å². The average Bonchev–Trinajstić information content (AvgIpc) is 2.88. The Morgan fingerprint density at radius 1 is 1.00 bits per heavy atom. The van der Waals surface area contributed by atoms with Crippen molar-refractivity contribution in [3.8, 4) is 0 Å². The maximum Gasteiger partial charge on any atom is 0.193 e. The van der Waals surface area contributed by atoms with Crippen LogP contribution in [0.2, 0.25) is 0 Å². The fourth-order valence-electron chi connectivity index (χ4n) is 4.87. The summed E-state index contributed by atoms with van der Waals surface area (Å²) in [7, 11) is 0. The van der Waals surface area contributed by atoms with E-state index in [-0.39, 0.29) is 17.2 Å². The lowest BCUT2D eigenvalue weighted by Gasteiger charge is -2.33. The number of carbonyl (C=O) groups excluding carboxylic acids is 1. The van der Waals surface area contributed by atoms with Crippen molar-refractivity contribution in [1.29, 1.82) is 0 Å². The number of piperidine rings is 1. The van der Waals surface area contributed by atoms with E-state index in [2.05, 4.69) is 74.4 Å². The Morgan fingerprint density at radius 3 is 2.35 bits per heavy atom. The quantitative estimate of drug-likeness (QED) is 0.264. The third-order valence-electron chi connectivity index (χ3n) is 7.16. The molecule has 1 fully saturated rings. The number of carbonyl (C=O) groups is 1. The summed E-state index contributed by atoms with van der Waals surface area (Å²) < 4.78 is 0. The van der Waals surface area contributed by atoms with Crippen LogP contribution in [-0.4, -0.2) is 24.0 Å². The minimum absolute atomic E-state index is 0.000422. The maximum absolute atomic E-state index is 13.1. The molecule has 0 aromatic heterocycles. The zero-order valence-corrected chi connectivity index (χ0v) is 23.5. The molecule has 4 nitrogen and oxygen atoms in total. The van der Waals surface area contributed by atoms with Gasteiger partial charge in [-0.3, -0.25) is 4.79 Å². The average molecular weight is 514 g/mol. The lowest BCUT2D eigenvalue weighted by atomic mass is 9.86. The molecule has 3 aromatic carbocycles. The summed E-state index contributed by atoms with van der Waals surface area (Å²) in [6.07, 6.45) is 2.58. The van der Waals surface area contributed by atoms with Crippen molar-refractivity contribution >= 4 is 34.5 Å². The summed E-state index contributed by atoms with van der Waals surface area (Å²) in [5.74, 6) is 0.750. The molecular formula is C32H39N3OS. The largest absolute Gasteiger partial charge is 0.371 e. The van der Waals surface area contributed by atoms with E-state index >= 15 is 0 Å². The van der Waals surface area contributed by atoms with Gasteiger partial charge in [-0.15, -0.1) is 0 Å². The van der Waals surface area contributed by atoms with E-state index < -0.39 is 0 Å². The van der Waals surface area contributed by atoms with Crippen molar-refractivity contribution in [2.75, 3.05) is 23.3 Å². The van der Waals surface area contributed by atoms with Gasteiger partial charge in [0.15, 0.2) is 10.9 Å². The highest BCUT2D eigenvalue weighted by Crippen LogP contribution is 2.25. The molecule has 0 amide bonds. The molecule has 194 valence electrons. The molecule has 0 aliphatic carbocycles. The summed E-state index contributed by atoms with van der Waals surface area (Å²) in [6.45, 7) is 13.2. The molecule has 37 heavy (non-hydrogen) atoms. The van der Waals surface area contributed by atoms with Crippen LogP contribution >= 0.6 is 12.2 Å². The second-order valence-corrected chi connectivity index (χ2v) is 11.8. The number of anilines is 2. The number of hydrogen-bond donors (Lipinski definition) is 2. The number of thiocarbonyl (C=S) groups is 1. The molecule has 1 heterocycles. The molecule has 1 aliphatic heterocycles. The van der Waals surface area contributed by atoms with E-state index in [1.54, 1.807) is 0 Å². The first kappa shape index (κ1) is 26.9. The molecule has 0 unspecified atom stereocenters. The van der Waals surface area contributed by atoms with Gasteiger partial charge in [0.2, 0.25) is 0 Å². The first-order valence-electron chi connectivity index (χ1n) is 13.3. The molecule has 1 aliphatic rings. The smallest absolute Gasteiger partial charge is 0.193 e. The highest BCUT2D eigenvalue weighted by molar-refractivity contribution is 7.80. The van der Waals surface area contributed by atoms with Crippen LogP contribution in [0.15, 0.2) is 72.8 Å². The van der Waals surface area contributed by atoms with Crippen molar-refractivity contribution < 1.29 is 4.79 Å². The van der Waals surface area contributed by atoms with Crippen LogP contribution in [0.3, 0.4) is 0 Å². The zero-order chi connectivity index (χ0) is 26.6. The van der Waals surface area contributed by atoms with Crippen LogP contribution in [0, 0.1) is 5.92 Å². The summed E-state index contributed by atoms with van der Waals surface area (Å²) in [5, 5.41) is 7.15. The van der Waals surface area contributed by atoms with Gasteiger partial charge >= 0.3 is 0 Å². The Bertz CT molecular complexity index is 1230. The van der Waals surface area contributed by atoms with E-state index in [1.807, 2.05) is 48.5 Å². The van der Waals surface area contributed by atoms with E-state index in [0.717, 1.165) is 24.7 Å². The Balaban J connectivity index is 1.36. The third kappa shape index (κ3) is 6.98. The zero-order valence-electron chi connectivity index (χ0n) is 22.7. The molecule has 0 spiro atoms. The molecule has 3 aromatic rings. The van der Waals surface area contributed by atoms with Gasteiger partial charge < -0.3 is 15.5 Å². The van der Waals surface area contributed by atoms with Gasteiger partial charge in [0.1, 0.15) is 0 Å². The molecule has 0 radical (unpaired) electrons. The number of hydrogen-bond acceptors (Lipinski definition) is 3. The minimum atomic E-state index is -0.000422. The SMILES string of the molecule is C[C@H]1CCCN(c2ccc([C@@H](C)NC(=S)Nc3cccc(C(=O)c4ccc(C(C)(C)C)cc4)c3)cc2)C1. The Labute approximate surface area is 227 Å². The van der Waals surface area contributed by atoms with Gasteiger partial charge in [-0.2, -0.15) is 0 Å². The molecule has 1 saturated heterocycles. The fraction of sp³-hybridized carbons (Fsp3) is 0.375. The summed E-state index contributed by atoms with van der Waals surface area (Å²) in [4.78, 5) is 15.6. The first-order chi connectivity index (χ1) is 17.6. The van der Waals surface area contributed by atoms with Crippen LogP contribution in [0.4, 0.5) is 11.4 Å². The molecule has 0 saturated carbocycles. The molecule has 2 atom stereocenters. The Morgan fingerprint density at radius 2 is 1.70 bits per heavy atom. The van der Waals surface area contributed by atoms with E-state index in [4.69, 9.17) is 12.2 Å². The molecular weight excluding hydrogens is 474 g/mol. The van der Waals surface area contributed by atoms with Gasteiger partial charge in [-0.05, 0) is 78.7 Å². The Hall–Kier alpha value is -3.18. The maximum atomic E-state index is 13.1. The predicted molar refractivity (Wildman–Crippen MR) is 160 cm³/mol. The first-order valence-corrected chi connectivity index (χ1v) is 13.7. The lowest BCUT2D eigenvalue weighted by molar-refractivity contribution is 0.103.